The number of aromatic nitrogens is 1. The van der Waals surface area contributed by atoms with Gasteiger partial charge in [0.05, 0.1) is 0 Å². The average Bonchev–Trinajstić information content (AvgIpc) is 2.48. The second-order valence-electron chi connectivity index (χ2n) is 5.78. The van der Waals surface area contributed by atoms with Crippen LogP contribution >= 0.6 is 0 Å². The van der Waals surface area contributed by atoms with Gasteiger partial charge in [0.15, 0.2) is 0 Å². The summed E-state index contributed by atoms with van der Waals surface area (Å²) in [4.78, 5) is 4.15. The molecule has 2 rings (SSSR count). The van der Waals surface area contributed by atoms with Crippen molar-refractivity contribution in [3.8, 4) is 17.7 Å². The highest BCUT2D eigenvalue weighted by Gasteiger charge is 2.18. The Morgan fingerprint density at radius 3 is 2.43 bits per heavy atom. The van der Waals surface area contributed by atoms with E-state index in [2.05, 4.69) is 44.0 Å². The number of hydrogen-bond acceptors (Lipinski definition) is 3. The van der Waals surface area contributed by atoms with Gasteiger partial charge in [-0.2, -0.15) is 5.26 Å². The standard InChI is InChI=1S/C18H20N2O/c1-5-18(3,4)14-6-8-15(9-7-14)21-17-16(12-19)13(2)10-11-20-17/h6-11H,5H2,1-4H3. The van der Waals surface area contributed by atoms with Crippen molar-refractivity contribution < 1.29 is 4.74 Å². The zero-order chi connectivity index (χ0) is 15.5. The van der Waals surface area contributed by atoms with Crippen molar-refractivity contribution in [1.82, 2.24) is 4.98 Å². The predicted octanol–water partition coefficient (Wildman–Crippen LogP) is 4.74. The number of rotatable bonds is 4. The Kier molecular flexibility index (Phi) is 4.28. The van der Waals surface area contributed by atoms with Crippen molar-refractivity contribution >= 4 is 0 Å². The first-order valence-electron chi connectivity index (χ1n) is 7.12. The second-order valence-corrected chi connectivity index (χ2v) is 5.78. The Hall–Kier alpha value is -2.34. The van der Waals surface area contributed by atoms with E-state index in [4.69, 9.17) is 4.74 Å². The fourth-order valence-corrected chi connectivity index (χ4v) is 2.04. The van der Waals surface area contributed by atoms with Gasteiger partial charge in [-0.05, 0) is 48.1 Å². The number of pyridine rings is 1. The van der Waals surface area contributed by atoms with Gasteiger partial charge in [-0.15, -0.1) is 0 Å². The fourth-order valence-electron chi connectivity index (χ4n) is 2.04. The maximum Gasteiger partial charge on any atom is 0.237 e. The van der Waals surface area contributed by atoms with Crippen LogP contribution < -0.4 is 4.74 Å². The Labute approximate surface area is 126 Å². The number of aryl methyl sites for hydroxylation is 1. The van der Waals surface area contributed by atoms with E-state index >= 15 is 0 Å². The third-order valence-electron chi connectivity index (χ3n) is 3.97. The van der Waals surface area contributed by atoms with Crippen LogP contribution in [0.5, 0.6) is 11.6 Å². The van der Waals surface area contributed by atoms with Gasteiger partial charge in [0, 0.05) is 6.20 Å². The minimum atomic E-state index is 0.151. The van der Waals surface area contributed by atoms with E-state index < -0.39 is 0 Å². The number of ether oxygens (including phenoxy) is 1. The Morgan fingerprint density at radius 2 is 1.86 bits per heavy atom. The van der Waals surface area contributed by atoms with Crippen molar-refractivity contribution in [3.63, 3.8) is 0 Å². The lowest BCUT2D eigenvalue weighted by atomic mass is 9.82. The molecule has 0 fully saturated rings. The molecule has 1 aromatic carbocycles. The van der Waals surface area contributed by atoms with E-state index in [1.165, 1.54) is 5.56 Å². The molecule has 108 valence electrons. The molecule has 3 nitrogen and oxygen atoms in total. The number of hydrogen-bond donors (Lipinski definition) is 0. The highest BCUT2D eigenvalue weighted by atomic mass is 16.5. The quantitative estimate of drug-likeness (QED) is 0.812. The van der Waals surface area contributed by atoms with Crippen molar-refractivity contribution in [2.75, 3.05) is 0 Å². The maximum atomic E-state index is 9.19. The van der Waals surface area contributed by atoms with Crippen molar-refractivity contribution in [1.29, 1.82) is 5.26 Å². The summed E-state index contributed by atoms with van der Waals surface area (Å²) in [5.74, 6) is 1.06. The van der Waals surface area contributed by atoms with Crippen molar-refractivity contribution in [2.45, 2.75) is 39.5 Å². The minimum absolute atomic E-state index is 0.151. The van der Waals surface area contributed by atoms with Crippen molar-refractivity contribution in [3.05, 3.63) is 53.2 Å². The first-order chi connectivity index (χ1) is 9.97. The summed E-state index contributed by atoms with van der Waals surface area (Å²) in [5.41, 5.74) is 2.77. The van der Waals surface area contributed by atoms with Crippen LogP contribution in [0.1, 0.15) is 43.9 Å². The lowest BCUT2D eigenvalue weighted by Gasteiger charge is -2.23. The maximum absolute atomic E-state index is 9.19. The molecule has 0 bridgehead atoms. The third-order valence-corrected chi connectivity index (χ3v) is 3.97. The summed E-state index contributed by atoms with van der Waals surface area (Å²) in [6.45, 7) is 8.50. The molecule has 21 heavy (non-hydrogen) atoms. The zero-order valence-electron chi connectivity index (χ0n) is 13.0. The average molecular weight is 280 g/mol. The molecule has 0 aliphatic rings. The molecular weight excluding hydrogens is 260 g/mol. The fraction of sp³-hybridized carbons (Fsp3) is 0.333. The van der Waals surface area contributed by atoms with E-state index in [9.17, 15) is 5.26 Å². The Morgan fingerprint density at radius 1 is 1.19 bits per heavy atom. The highest BCUT2D eigenvalue weighted by Crippen LogP contribution is 2.30. The van der Waals surface area contributed by atoms with Gasteiger partial charge in [0.1, 0.15) is 17.4 Å². The number of nitriles is 1. The van der Waals surface area contributed by atoms with Gasteiger partial charge < -0.3 is 4.74 Å². The van der Waals surface area contributed by atoms with Gasteiger partial charge in [-0.1, -0.05) is 32.9 Å². The molecule has 0 spiro atoms. The van der Waals surface area contributed by atoms with Gasteiger partial charge in [0.25, 0.3) is 0 Å². The summed E-state index contributed by atoms with van der Waals surface area (Å²) in [7, 11) is 0. The van der Waals surface area contributed by atoms with Crippen LogP contribution in [0.3, 0.4) is 0 Å². The van der Waals surface area contributed by atoms with Crippen LogP contribution in [-0.4, -0.2) is 4.98 Å². The Bertz CT molecular complexity index is 667. The molecule has 0 saturated carbocycles. The van der Waals surface area contributed by atoms with Crippen LogP contribution in [0.2, 0.25) is 0 Å². The molecule has 0 radical (unpaired) electrons. The monoisotopic (exact) mass is 280 g/mol. The van der Waals surface area contributed by atoms with E-state index in [1.807, 2.05) is 19.1 Å². The Balaban J connectivity index is 2.26. The van der Waals surface area contributed by atoms with E-state index in [1.54, 1.807) is 12.3 Å². The molecule has 1 aromatic heterocycles. The number of benzene rings is 1. The molecule has 0 N–H and O–H groups in total. The summed E-state index contributed by atoms with van der Waals surface area (Å²) >= 11 is 0. The molecule has 0 aliphatic heterocycles. The molecular formula is C18H20N2O. The molecule has 3 heteroatoms. The second kappa shape index (κ2) is 5.97. The van der Waals surface area contributed by atoms with Gasteiger partial charge in [0.2, 0.25) is 5.88 Å². The normalized spacial score (nSPS) is 11.0. The minimum Gasteiger partial charge on any atom is -0.438 e. The van der Waals surface area contributed by atoms with E-state index in [-0.39, 0.29) is 5.41 Å². The van der Waals surface area contributed by atoms with E-state index in [0.29, 0.717) is 17.2 Å². The van der Waals surface area contributed by atoms with Crippen LogP contribution in [0, 0.1) is 18.3 Å². The van der Waals surface area contributed by atoms with Gasteiger partial charge in [-0.3, -0.25) is 0 Å². The van der Waals surface area contributed by atoms with Gasteiger partial charge in [-0.25, -0.2) is 4.98 Å². The van der Waals surface area contributed by atoms with Crippen LogP contribution in [0.15, 0.2) is 36.5 Å². The summed E-state index contributed by atoms with van der Waals surface area (Å²) in [6, 6.07) is 11.9. The molecule has 1 heterocycles. The highest BCUT2D eigenvalue weighted by molar-refractivity contribution is 5.45. The molecule has 0 amide bonds. The SMILES string of the molecule is CCC(C)(C)c1ccc(Oc2nccc(C)c2C#N)cc1. The largest absolute Gasteiger partial charge is 0.438 e. The first kappa shape index (κ1) is 15.1. The lowest BCUT2D eigenvalue weighted by Crippen LogP contribution is -2.14. The molecule has 0 aliphatic carbocycles. The zero-order valence-corrected chi connectivity index (χ0v) is 13.0. The van der Waals surface area contributed by atoms with Crippen LogP contribution in [0.25, 0.3) is 0 Å². The topological polar surface area (TPSA) is 45.9 Å². The summed E-state index contributed by atoms with van der Waals surface area (Å²) < 4.78 is 5.75. The molecule has 2 aromatic rings. The lowest BCUT2D eigenvalue weighted by molar-refractivity contribution is 0.458. The first-order valence-corrected chi connectivity index (χ1v) is 7.12. The predicted molar refractivity (Wildman–Crippen MR) is 83.5 cm³/mol. The molecule has 0 unspecified atom stereocenters. The van der Waals surface area contributed by atoms with Gasteiger partial charge >= 0.3 is 0 Å². The molecule has 0 saturated heterocycles. The van der Waals surface area contributed by atoms with Crippen LogP contribution in [-0.2, 0) is 5.41 Å². The van der Waals surface area contributed by atoms with Crippen molar-refractivity contribution in [2.24, 2.45) is 0 Å². The van der Waals surface area contributed by atoms with Crippen LogP contribution in [0.4, 0.5) is 0 Å². The van der Waals surface area contributed by atoms with E-state index in [0.717, 1.165) is 12.0 Å². The third kappa shape index (κ3) is 3.22. The summed E-state index contributed by atoms with van der Waals surface area (Å²) in [6.07, 6.45) is 2.73. The summed E-state index contributed by atoms with van der Waals surface area (Å²) in [5, 5.41) is 9.19. The smallest absolute Gasteiger partial charge is 0.237 e. The number of nitrogens with zero attached hydrogens (tertiary/aromatic N) is 2. The molecule has 0 atom stereocenters.